The Morgan fingerprint density at radius 1 is 0.676 bits per heavy atom. The first kappa shape index (κ1) is 61.6. The summed E-state index contributed by atoms with van der Waals surface area (Å²) in [5.74, 6) is -8.47. The number of carbonyl (C=O) groups excluding carboxylic acids is 8. The van der Waals surface area contributed by atoms with E-state index in [9.17, 15) is 63.6 Å². The van der Waals surface area contributed by atoms with Gasteiger partial charge in [-0.3, -0.25) is 38.4 Å². The van der Waals surface area contributed by atoms with Crippen LogP contribution in [0, 0.1) is 23.7 Å². The summed E-state index contributed by atoms with van der Waals surface area (Å²) < 4.78 is 0. The molecule has 23 heteroatoms. The standard InChI is InChI=1S/C48H79N9O13S/c1-10-27(7)38(46(67)54-37(26(5)6)45(66)56-39(48(69)70)28(8)11-2)55-41(62)32(18-20-71-9)50-43(64)34(23-58)52-44(65)36-13-12-19-57(36)47(68)35(24-59)53-42(63)33(21-25(3)4)51-40(61)31(49)22-29-14-16-30(60)17-15-29/h14-17,25-28,31-39,58-60H,10-13,18-24,49H2,1-9H3,(H,50,64)(H,51,61)(H,52,65)(H,53,63)(H,54,67)(H,55,62)(H,56,66)(H,69,70)/t27-,28-,31-,32-,33-,34-,35-,36-,37-,38-,39-/m0/s1. The molecule has 1 aromatic carbocycles. The molecule has 1 saturated heterocycles. The van der Waals surface area contributed by atoms with Gasteiger partial charge in [0.15, 0.2) is 0 Å². The zero-order valence-corrected chi connectivity index (χ0v) is 43.3. The highest BCUT2D eigenvalue weighted by atomic mass is 32.2. The van der Waals surface area contributed by atoms with Gasteiger partial charge >= 0.3 is 5.97 Å². The summed E-state index contributed by atoms with van der Waals surface area (Å²) >= 11 is 1.37. The molecule has 8 amide bonds. The Bertz CT molecular complexity index is 1960. The van der Waals surface area contributed by atoms with Crippen LogP contribution in [0.15, 0.2) is 24.3 Å². The maximum atomic E-state index is 13.9. The van der Waals surface area contributed by atoms with E-state index in [4.69, 9.17) is 5.73 Å². The van der Waals surface area contributed by atoms with E-state index in [1.165, 1.54) is 23.9 Å². The van der Waals surface area contributed by atoms with Crippen molar-refractivity contribution in [3.05, 3.63) is 29.8 Å². The molecule has 1 aromatic rings. The van der Waals surface area contributed by atoms with Gasteiger partial charge in [-0.25, -0.2) is 4.79 Å². The molecule has 400 valence electrons. The van der Waals surface area contributed by atoms with Gasteiger partial charge in [0.2, 0.25) is 47.3 Å². The molecule has 0 bridgehead atoms. The first-order valence-corrected chi connectivity index (χ1v) is 25.7. The van der Waals surface area contributed by atoms with E-state index in [1.54, 1.807) is 59.9 Å². The Kier molecular flexibility index (Phi) is 26.4. The van der Waals surface area contributed by atoms with Crippen LogP contribution < -0.4 is 43.0 Å². The number of carboxylic acids is 1. The Morgan fingerprint density at radius 2 is 1.18 bits per heavy atom. The lowest BCUT2D eigenvalue weighted by Crippen LogP contribution is -2.62. The predicted molar refractivity (Wildman–Crippen MR) is 266 cm³/mol. The Labute approximate surface area is 420 Å². The number of likely N-dealkylation sites (tertiary alicyclic amines) is 1. The van der Waals surface area contributed by atoms with Crippen LogP contribution in [0.1, 0.15) is 99.5 Å². The maximum absolute atomic E-state index is 13.9. The summed E-state index contributed by atoms with van der Waals surface area (Å²) in [7, 11) is 0. The number of aliphatic hydroxyl groups is 2. The number of carboxylic acid groups (broad SMARTS) is 1. The third kappa shape index (κ3) is 19.2. The molecule has 71 heavy (non-hydrogen) atoms. The van der Waals surface area contributed by atoms with Crippen LogP contribution in [0.25, 0.3) is 0 Å². The molecule has 0 unspecified atom stereocenters. The number of nitrogens with zero attached hydrogens (tertiary/aromatic N) is 1. The summed E-state index contributed by atoms with van der Waals surface area (Å²) in [4.78, 5) is 122. The van der Waals surface area contributed by atoms with Gasteiger partial charge in [-0.15, -0.1) is 0 Å². The van der Waals surface area contributed by atoms with Crippen LogP contribution >= 0.6 is 11.8 Å². The largest absolute Gasteiger partial charge is 0.508 e. The number of hydrogen-bond acceptors (Lipinski definition) is 14. The van der Waals surface area contributed by atoms with Crippen molar-refractivity contribution in [1.29, 1.82) is 0 Å². The average molecular weight is 1020 g/mol. The quantitative estimate of drug-likeness (QED) is 0.0452. The van der Waals surface area contributed by atoms with Crippen LogP contribution in [0.2, 0.25) is 0 Å². The molecule has 0 saturated carbocycles. The molecule has 1 aliphatic heterocycles. The van der Waals surface area contributed by atoms with Crippen LogP contribution in [0.4, 0.5) is 0 Å². The number of thioether (sulfide) groups is 1. The minimum Gasteiger partial charge on any atom is -0.508 e. The van der Waals surface area contributed by atoms with E-state index in [-0.39, 0.29) is 43.9 Å². The third-order valence-electron chi connectivity index (χ3n) is 12.6. The van der Waals surface area contributed by atoms with Crippen molar-refractivity contribution in [2.24, 2.45) is 29.4 Å². The van der Waals surface area contributed by atoms with Crippen LogP contribution in [-0.2, 0) is 49.6 Å². The lowest BCUT2D eigenvalue weighted by molar-refractivity contribution is -0.144. The van der Waals surface area contributed by atoms with Crippen molar-refractivity contribution in [3.8, 4) is 5.75 Å². The molecule has 11 atom stereocenters. The number of aliphatic carboxylic acids is 1. The summed E-state index contributed by atoms with van der Waals surface area (Å²) in [6.45, 7) is 12.2. The summed E-state index contributed by atoms with van der Waals surface area (Å²) in [6.07, 6.45) is 3.44. The van der Waals surface area contributed by atoms with Gasteiger partial charge in [0.25, 0.3) is 0 Å². The number of amides is 8. The van der Waals surface area contributed by atoms with Crippen molar-refractivity contribution in [2.45, 2.75) is 155 Å². The molecule has 0 spiro atoms. The minimum atomic E-state index is -1.61. The zero-order valence-electron chi connectivity index (χ0n) is 42.5. The molecular weight excluding hydrogens is 943 g/mol. The Balaban J connectivity index is 2.21. The molecule has 1 heterocycles. The highest BCUT2D eigenvalue weighted by Crippen LogP contribution is 2.20. The highest BCUT2D eigenvalue weighted by molar-refractivity contribution is 7.98. The maximum Gasteiger partial charge on any atom is 0.326 e. The van der Waals surface area contributed by atoms with Crippen LogP contribution in [0.5, 0.6) is 5.75 Å². The fraction of sp³-hybridized carbons (Fsp3) is 0.688. The number of phenols is 1. The summed E-state index contributed by atoms with van der Waals surface area (Å²) in [6, 6.07) is -5.26. The number of aromatic hydroxyl groups is 1. The van der Waals surface area contributed by atoms with Gasteiger partial charge < -0.3 is 68.3 Å². The predicted octanol–water partition coefficient (Wildman–Crippen LogP) is -0.737. The van der Waals surface area contributed by atoms with E-state index < -0.39 is 139 Å². The van der Waals surface area contributed by atoms with Gasteiger partial charge in [0, 0.05) is 6.54 Å². The van der Waals surface area contributed by atoms with Crippen molar-refractivity contribution in [3.63, 3.8) is 0 Å². The van der Waals surface area contributed by atoms with Crippen LogP contribution in [0.3, 0.4) is 0 Å². The Hall–Kier alpha value is -5.52. The van der Waals surface area contributed by atoms with Gasteiger partial charge in [0.05, 0.1) is 19.3 Å². The van der Waals surface area contributed by atoms with E-state index in [1.807, 2.05) is 13.8 Å². The molecule has 0 aromatic heterocycles. The van der Waals surface area contributed by atoms with E-state index >= 15 is 0 Å². The van der Waals surface area contributed by atoms with Crippen LogP contribution in [-0.4, -0.2) is 165 Å². The van der Waals surface area contributed by atoms with E-state index in [0.717, 1.165) is 4.90 Å². The molecule has 1 aliphatic rings. The number of aliphatic hydroxyl groups excluding tert-OH is 2. The second kappa shape index (κ2) is 30.4. The van der Waals surface area contributed by atoms with Crippen molar-refractivity contribution < 1.29 is 63.6 Å². The van der Waals surface area contributed by atoms with E-state index in [0.29, 0.717) is 30.6 Å². The number of rotatable bonds is 30. The molecule has 13 N–H and O–H groups in total. The monoisotopic (exact) mass is 1020 g/mol. The fourth-order valence-electron chi connectivity index (χ4n) is 7.82. The van der Waals surface area contributed by atoms with Crippen molar-refractivity contribution >= 4 is 65.0 Å². The van der Waals surface area contributed by atoms with E-state index in [2.05, 4.69) is 37.2 Å². The second-order valence-electron chi connectivity index (χ2n) is 19.0. The summed E-state index contributed by atoms with van der Waals surface area (Å²) in [5, 5.41) is 58.0. The lowest BCUT2D eigenvalue weighted by Gasteiger charge is -2.31. The number of carbonyl (C=O) groups is 9. The lowest BCUT2D eigenvalue weighted by atomic mass is 9.95. The van der Waals surface area contributed by atoms with Gasteiger partial charge in [-0.05, 0) is 85.5 Å². The van der Waals surface area contributed by atoms with Gasteiger partial charge in [-0.2, -0.15) is 11.8 Å². The summed E-state index contributed by atoms with van der Waals surface area (Å²) in [5.41, 5.74) is 6.81. The molecular formula is C48H79N9O13S. The number of hydrogen-bond donors (Lipinski definition) is 12. The molecule has 22 nitrogen and oxygen atoms in total. The number of nitrogens with one attached hydrogen (secondary N) is 7. The first-order valence-electron chi connectivity index (χ1n) is 24.3. The highest BCUT2D eigenvalue weighted by Gasteiger charge is 2.41. The second-order valence-corrected chi connectivity index (χ2v) is 20.0. The molecule has 1 fully saturated rings. The Morgan fingerprint density at radius 3 is 1.72 bits per heavy atom. The molecule has 2 rings (SSSR count). The SMILES string of the molecule is CC[C@H](C)[C@H](NC(=O)[C@@H](NC(=O)[C@@H](NC(=O)[C@H](CCSC)NC(=O)[C@H](CO)NC(=O)[C@@H]1CCCN1C(=O)[C@H](CO)NC(=O)[C@H](CC(C)C)NC(=O)[C@@H](N)Cc1ccc(O)cc1)[C@@H](C)CC)C(C)C)C(=O)O. The van der Waals surface area contributed by atoms with Gasteiger partial charge in [0.1, 0.15) is 54.1 Å². The topological polar surface area (TPSA) is 348 Å². The third-order valence-corrected chi connectivity index (χ3v) is 13.2. The first-order chi connectivity index (χ1) is 33.4. The van der Waals surface area contributed by atoms with Crippen molar-refractivity contribution in [2.75, 3.05) is 31.8 Å². The average Bonchev–Trinajstić information content (AvgIpc) is 3.83. The number of nitrogens with two attached hydrogens (primary N) is 1. The molecule has 0 radical (unpaired) electrons. The number of phenolic OH excluding ortho intramolecular Hbond substituents is 1. The smallest absolute Gasteiger partial charge is 0.326 e. The molecule has 0 aliphatic carbocycles. The van der Waals surface area contributed by atoms with Crippen molar-refractivity contribution in [1.82, 2.24) is 42.1 Å². The fourth-order valence-corrected chi connectivity index (χ4v) is 8.29. The minimum absolute atomic E-state index is 0.0410. The van der Waals surface area contributed by atoms with Gasteiger partial charge in [-0.1, -0.05) is 80.4 Å². The number of benzene rings is 1. The normalized spacial score (nSPS) is 17.8. The zero-order chi connectivity index (χ0) is 53.7.